The lowest BCUT2D eigenvalue weighted by Gasteiger charge is -2.19. The third-order valence-electron chi connectivity index (χ3n) is 5.85. The number of carbonyl (C=O) groups excluding carboxylic acids is 2. The van der Waals surface area contributed by atoms with E-state index in [1.54, 1.807) is 38.7 Å². The fraction of sp³-hybridized carbons (Fsp3) is 0.536. The molecule has 40 heavy (non-hydrogen) atoms. The highest BCUT2D eigenvalue weighted by atomic mass is 16.6. The van der Waals surface area contributed by atoms with E-state index in [2.05, 4.69) is 30.5 Å². The molecular weight excluding hydrogens is 514 g/mol. The van der Waals surface area contributed by atoms with E-state index < -0.39 is 0 Å². The average molecular weight is 556 g/mol. The molecule has 1 saturated heterocycles. The number of nitrogens with two attached hydrogens (primary N) is 1. The molecule has 4 rings (SSSR count). The lowest BCUT2D eigenvalue weighted by atomic mass is 10.1. The van der Waals surface area contributed by atoms with Crippen LogP contribution in [0.25, 0.3) is 0 Å². The first-order chi connectivity index (χ1) is 19.1. The Morgan fingerprint density at radius 1 is 1.15 bits per heavy atom. The Kier molecular flexibility index (Phi) is 11.1. The summed E-state index contributed by atoms with van der Waals surface area (Å²) in [6.07, 6.45) is 8.94. The number of aliphatic imine (C=N–C) groups is 1. The van der Waals surface area contributed by atoms with Gasteiger partial charge in [-0.3, -0.25) is 9.79 Å². The molecule has 2 heterocycles. The van der Waals surface area contributed by atoms with Crippen LogP contribution in [0.15, 0.2) is 29.5 Å². The fourth-order valence-corrected chi connectivity index (χ4v) is 3.75. The molecule has 0 radical (unpaired) electrons. The van der Waals surface area contributed by atoms with Crippen LogP contribution in [-0.4, -0.2) is 80.3 Å². The minimum absolute atomic E-state index is 0.221. The molecule has 1 aromatic carbocycles. The van der Waals surface area contributed by atoms with E-state index in [-0.39, 0.29) is 23.3 Å². The SMILES string of the molecule is CC(C)(C)OC(=O)NC1CC1.CN=Cc1cc(NC(=O)c2cnc(N3CCCC3)cn2)c(OCCOC)cc1N. The number of benzene rings is 1. The number of carbonyl (C=O) groups is 2. The molecule has 2 amide bonds. The zero-order valence-electron chi connectivity index (χ0n) is 24.0. The number of rotatable bonds is 9. The molecule has 0 bridgehead atoms. The first kappa shape index (κ1) is 30.6. The van der Waals surface area contributed by atoms with E-state index >= 15 is 0 Å². The maximum atomic E-state index is 12.7. The van der Waals surface area contributed by atoms with Gasteiger partial charge >= 0.3 is 6.09 Å². The first-order valence-electron chi connectivity index (χ1n) is 13.4. The first-order valence-corrected chi connectivity index (χ1v) is 13.4. The summed E-state index contributed by atoms with van der Waals surface area (Å²) >= 11 is 0. The summed E-state index contributed by atoms with van der Waals surface area (Å²) in [5.41, 5.74) is 7.55. The molecule has 12 nitrogen and oxygen atoms in total. The number of methoxy groups -OCH3 is 1. The molecule has 2 aromatic rings. The molecular formula is C28H41N7O5. The molecule has 0 unspecified atom stereocenters. The molecule has 12 heteroatoms. The topological polar surface area (TPSA) is 153 Å². The van der Waals surface area contributed by atoms with Crippen LogP contribution in [0.4, 0.5) is 22.0 Å². The number of alkyl carbamates (subject to hydrolysis) is 1. The van der Waals surface area contributed by atoms with E-state index in [1.165, 1.54) is 6.20 Å². The van der Waals surface area contributed by atoms with Gasteiger partial charge in [0.15, 0.2) is 0 Å². The number of nitrogens with zero attached hydrogens (tertiary/aromatic N) is 4. The minimum atomic E-state index is -0.383. The normalized spacial score (nSPS) is 14.9. The number of amides is 2. The van der Waals surface area contributed by atoms with E-state index in [0.29, 0.717) is 41.9 Å². The Balaban J connectivity index is 0.000000336. The van der Waals surface area contributed by atoms with Crippen LogP contribution in [0, 0.1) is 0 Å². The molecule has 1 saturated carbocycles. The number of nitrogens with one attached hydrogen (secondary N) is 2. The Labute approximate surface area is 235 Å². The van der Waals surface area contributed by atoms with Crippen LogP contribution >= 0.6 is 0 Å². The Morgan fingerprint density at radius 3 is 2.45 bits per heavy atom. The summed E-state index contributed by atoms with van der Waals surface area (Å²) < 4.78 is 15.8. The molecule has 1 aliphatic carbocycles. The molecule has 4 N–H and O–H groups in total. The van der Waals surface area contributed by atoms with Crippen LogP contribution in [0.1, 0.15) is 62.5 Å². The lowest BCUT2D eigenvalue weighted by Crippen LogP contribution is -2.33. The van der Waals surface area contributed by atoms with Gasteiger partial charge in [0.2, 0.25) is 0 Å². The van der Waals surface area contributed by atoms with Crippen molar-refractivity contribution in [3.63, 3.8) is 0 Å². The van der Waals surface area contributed by atoms with Crippen LogP contribution in [-0.2, 0) is 9.47 Å². The van der Waals surface area contributed by atoms with Gasteiger partial charge < -0.3 is 35.5 Å². The largest absolute Gasteiger partial charge is 0.489 e. The van der Waals surface area contributed by atoms with E-state index in [0.717, 1.165) is 44.6 Å². The summed E-state index contributed by atoms with van der Waals surface area (Å²) in [5.74, 6) is 0.852. The van der Waals surface area contributed by atoms with Crippen LogP contribution in [0.2, 0.25) is 0 Å². The van der Waals surface area contributed by atoms with Crippen molar-refractivity contribution in [3.05, 3.63) is 35.8 Å². The summed E-state index contributed by atoms with van der Waals surface area (Å²) in [6, 6.07) is 3.75. The predicted octanol–water partition coefficient (Wildman–Crippen LogP) is 3.66. The third-order valence-corrected chi connectivity index (χ3v) is 5.85. The second-order valence-electron chi connectivity index (χ2n) is 10.5. The molecule has 2 fully saturated rings. The quantitative estimate of drug-likeness (QED) is 0.239. The highest BCUT2D eigenvalue weighted by Gasteiger charge is 2.26. The van der Waals surface area contributed by atoms with Crippen molar-refractivity contribution in [1.29, 1.82) is 0 Å². The zero-order chi connectivity index (χ0) is 29.1. The van der Waals surface area contributed by atoms with Crippen molar-refractivity contribution in [1.82, 2.24) is 15.3 Å². The fourth-order valence-electron chi connectivity index (χ4n) is 3.75. The van der Waals surface area contributed by atoms with Crippen LogP contribution in [0.3, 0.4) is 0 Å². The average Bonchev–Trinajstić information content (AvgIpc) is 3.53. The smallest absolute Gasteiger partial charge is 0.407 e. The highest BCUT2D eigenvalue weighted by molar-refractivity contribution is 6.04. The molecule has 218 valence electrons. The number of aromatic nitrogens is 2. The van der Waals surface area contributed by atoms with Crippen molar-refractivity contribution < 1.29 is 23.8 Å². The summed E-state index contributed by atoms with van der Waals surface area (Å²) in [5, 5.41) is 5.58. The van der Waals surface area contributed by atoms with Gasteiger partial charge in [-0.25, -0.2) is 14.8 Å². The van der Waals surface area contributed by atoms with Gasteiger partial charge in [-0.15, -0.1) is 0 Å². The minimum Gasteiger partial charge on any atom is -0.489 e. The number of hydrogen-bond acceptors (Lipinski definition) is 10. The second kappa shape index (κ2) is 14.5. The Bertz CT molecular complexity index is 1150. The van der Waals surface area contributed by atoms with Gasteiger partial charge in [0.05, 0.1) is 24.7 Å². The number of anilines is 3. The standard InChI is InChI=1S/C20H26N6O3.C8H15NO2/c1-22-11-14-9-16(18(10-15(14)21)29-8-7-28-2)25-20(27)17-12-24-19(13-23-17)26-5-3-4-6-26;1-8(2,3)11-7(10)9-6-4-5-6/h9-13H,3-8,21H2,1-2H3,(H,25,27);6H,4-5H2,1-3H3,(H,9,10). The third kappa shape index (κ3) is 9.99. The van der Waals surface area contributed by atoms with Crippen molar-refractivity contribution in [2.24, 2.45) is 4.99 Å². The van der Waals surface area contributed by atoms with Gasteiger partial charge in [-0.05, 0) is 52.5 Å². The van der Waals surface area contributed by atoms with Gasteiger partial charge in [-0.1, -0.05) is 0 Å². The van der Waals surface area contributed by atoms with E-state index in [4.69, 9.17) is 19.9 Å². The maximum Gasteiger partial charge on any atom is 0.407 e. The van der Waals surface area contributed by atoms with Crippen molar-refractivity contribution in [2.45, 2.75) is 58.1 Å². The Hall–Kier alpha value is -3.93. The predicted molar refractivity (Wildman–Crippen MR) is 156 cm³/mol. The molecule has 1 aromatic heterocycles. The molecule has 0 spiro atoms. The molecule has 2 aliphatic rings. The maximum absolute atomic E-state index is 12.7. The lowest BCUT2D eigenvalue weighted by molar-refractivity contribution is 0.0523. The van der Waals surface area contributed by atoms with Gasteiger partial charge in [0.25, 0.3) is 5.91 Å². The number of hydrogen-bond donors (Lipinski definition) is 3. The summed E-state index contributed by atoms with van der Waals surface area (Å²) in [4.78, 5) is 38.5. The zero-order valence-corrected chi connectivity index (χ0v) is 24.0. The molecule has 1 aliphatic heterocycles. The van der Waals surface area contributed by atoms with Crippen molar-refractivity contribution in [3.8, 4) is 5.75 Å². The second-order valence-corrected chi connectivity index (χ2v) is 10.5. The monoisotopic (exact) mass is 555 g/mol. The van der Waals surface area contributed by atoms with E-state index in [1.807, 2.05) is 20.8 Å². The highest BCUT2D eigenvalue weighted by Crippen LogP contribution is 2.30. The van der Waals surface area contributed by atoms with Gasteiger partial charge in [-0.2, -0.15) is 0 Å². The summed E-state index contributed by atoms with van der Waals surface area (Å²) in [6.45, 7) is 8.25. The summed E-state index contributed by atoms with van der Waals surface area (Å²) in [7, 11) is 3.24. The Morgan fingerprint density at radius 2 is 1.88 bits per heavy atom. The van der Waals surface area contributed by atoms with Crippen LogP contribution < -0.4 is 26.0 Å². The molecule has 0 atom stereocenters. The van der Waals surface area contributed by atoms with Gasteiger partial charge in [0, 0.05) is 56.8 Å². The van der Waals surface area contributed by atoms with Crippen molar-refractivity contribution in [2.75, 3.05) is 56.4 Å². The van der Waals surface area contributed by atoms with Crippen LogP contribution in [0.5, 0.6) is 5.75 Å². The van der Waals surface area contributed by atoms with Crippen molar-refractivity contribution >= 4 is 35.4 Å². The number of ether oxygens (including phenoxy) is 3. The van der Waals surface area contributed by atoms with Gasteiger partial charge in [0.1, 0.15) is 29.5 Å². The van der Waals surface area contributed by atoms with E-state index in [9.17, 15) is 9.59 Å². The number of nitrogen functional groups attached to an aromatic ring is 1.